The maximum Gasteiger partial charge on any atom is 0.220 e. The lowest BCUT2D eigenvalue weighted by Crippen LogP contribution is -2.23. The Balaban J connectivity index is 2.77. The number of aryl methyl sites for hydroxylation is 1. The molecule has 0 aliphatic rings. The first-order valence-electron chi connectivity index (χ1n) is 6.52. The van der Waals surface area contributed by atoms with Crippen LogP contribution in [0.2, 0.25) is 0 Å². The third-order valence-corrected chi connectivity index (χ3v) is 3.38. The summed E-state index contributed by atoms with van der Waals surface area (Å²) in [6.07, 6.45) is 0.870. The number of methoxy groups -OCH3 is 1. The number of aliphatic hydroxyl groups excluding tert-OH is 1. The minimum atomic E-state index is -0.0282. The molecule has 1 aromatic carbocycles. The van der Waals surface area contributed by atoms with Gasteiger partial charge in [0.1, 0.15) is 5.75 Å². The van der Waals surface area contributed by atoms with Gasteiger partial charge in [-0.1, -0.05) is 6.07 Å². The monoisotopic (exact) mass is 265 g/mol. The number of aliphatic hydroxyl groups is 1. The van der Waals surface area contributed by atoms with Crippen LogP contribution < -0.4 is 10.1 Å². The largest absolute Gasteiger partial charge is 0.496 e. The van der Waals surface area contributed by atoms with Gasteiger partial charge in [-0.05, 0) is 49.4 Å². The van der Waals surface area contributed by atoms with Crippen LogP contribution in [-0.2, 0) is 11.3 Å². The molecule has 19 heavy (non-hydrogen) atoms. The summed E-state index contributed by atoms with van der Waals surface area (Å²) in [6.45, 7) is 6.63. The molecule has 0 atom stereocenters. The predicted octanol–water partition coefficient (Wildman–Crippen LogP) is 2.01. The van der Waals surface area contributed by atoms with E-state index in [1.807, 2.05) is 26.8 Å². The molecule has 0 unspecified atom stereocenters. The molecule has 1 amide bonds. The molecule has 0 fully saturated rings. The Kier molecular flexibility index (Phi) is 5.83. The average Bonchev–Trinajstić information content (AvgIpc) is 2.39. The van der Waals surface area contributed by atoms with E-state index in [0.29, 0.717) is 19.4 Å². The van der Waals surface area contributed by atoms with Gasteiger partial charge in [0.25, 0.3) is 0 Å². The SMILES string of the molecule is COc1c(C)cc(CNC(=O)CCCO)c(C)c1C. The molecule has 0 aliphatic carbocycles. The molecule has 4 heteroatoms. The van der Waals surface area contributed by atoms with E-state index in [-0.39, 0.29) is 12.5 Å². The van der Waals surface area contributed by atoms with Gasteiger partial charge in [-0.2, -0.15) is 0 Å². The first-order valence-corrected chi connectivity index (χ1v) is 6.52. The molecule has 0 spiro atoms. The van der Waals surface area contributed by atoms with Crippen molar-refractivity contribution < 1.29 is 14.6 Å². The van der Waals surface area contributed by atoms with Gasteiger partial charge >= 0.3 is 0 Å². The molecule has 0 aliphatic heterocycles. The normalized spacial score (nSPS) is 10.4. The standard InChI is InChI=1S/C15H23NO3/c1-10-8-13(9-16-14(18)6-5-7-17)11(2)12(3)15(10)19-4/h8,17H,5-7,9H2,1-4H3,(H,16,18). The molecule has 1 aromatic rings. The van der Waals surface area contributed by atoms with Gasteiger partial charge in [0.05, 0.1) is 7.11 Å². The number of ether oxygens (including phenoxy) is 1. The van der Waals surface area contributed by atoms with Gasteiger partial charge in [-0.25, -0.2) is 0 Å². The zero-order chi connectivity index (χ0) is 14.4. The third-order valence-electron chi connectivity index (χ3n) is 3.38. The van der Waals surface area contributed by atoms with Crippen molar-refractivity contribution in [3.63, 3.8) is 0 Å². The maximum absolute atomic E-state index is 11.5. The summed E-state index contributed by atoms with van der Waals surface area (Å²) in [5.41, 5.74) is 4.44. The number of nitrogens with one attached hydrogen (secondary N) is 1. The van der Waals surface area contributed by atoms with Crippen molar-refractivity contribution in [2.75, 3.05) is 13.7 Å². The van der Waals surface area contributed by atoms with Crippen molar-refractivity contribution >= 4 is 5.91 Å². The van der Waals surface area contributed by atoms with Gasteiger partial charge < -0.3 is 15.2 Å². The molecule has 0 aromatic heterocycles. The number of hydrogen-bond acceptors (Lipinski definition) is 3. The Labute approximate surface area is 114 Å². The van der Waals surface area contributed by atoms with E-state index < -0.39 is 0 Å². The van der Waals surface area contributed by atoms with E-state index in [4.69, 9.17) is 9.84 Å². The highest BCUT2D eigenvalue weighted by Crippen LogP contribution is 2.28. The van der Waals surface area contributed by atoms with Crippen LogP contribution in [-0.4, -0.2) is 24.7 Å². The summed E-state index contributed by atoms with van der Waals surface area (Å²) < 4.78 is 5.38. The van der Waals surface area contributed by atoms with Crippen LogP contribution in [0.4, 0.5) is 0 Å². The maximum atomic E-state index is 11.5. The molecule has 0 heterocycles. The van der Waals surface area contributed by atoms with Gasteiger partial charge in [0, 0.05) is 19.6 Å². The lowest BCUT2D eigenvalue weighted by Gasteiger charge is -2.16. The number of carbonyl (C=O) groups is 1. The molecule has 4 nitrogen and oxygen atoms in total. The minimum absolute atomic E-state index is 0.0282. The number of carbonyl (C=O) groups excluding carboxylic acids is 1. The van der Waals surface area contributed by atoms with Crippen molar-refractivity contribution in [3.05, 3.63) is 28.3 Å². The molecular formula is C15H23NO3. The molecule has 0 bridgehead atoms. The Morgan fingerprint density at radius 1 is 1.32 bits per heavy atom. The number of benzene rings is 1. The zero-order valence-electron chi connectivity index (χ0n) is 12.2. The second-order valence-electron chi connectivity index (χ2n) is 4.74. The summed E-state index contributed by atoms with van der Waals surface area (Å²) >= 11 is 0. The summed E-state index contributed by atoms with van der Waals surface area (Å²) in [5, 5.41) is 11.6. The summed E-state index contributed by atoms with van der Waals surface area (Å²) in [5.74, 6) is 0.882. The van der Waals surface area contributed by atoms with Crippen molar-refractivity contribution in [2.45, 2.75) is 40.2 Å². The van der Waals surface area contributed by atoms with E-state index >= 15 is 0 Å². The van der Waals surface area contributed by atoms with E-state index in [1.54, 1.807) is 7.11 Å². The summed E-state index contributed by atoms with van der Waals surface area (Å²) in [4.78, 5) is 11.5. The van der Waals surface area contributed by atoms with Crippen LogP contribution in [0.15, 0.2) is 6.07 Å². The highest BCUT2D eigenvalue weighted by atomic mass is 16.5. The fraction of sp³-hybridized carbons (Fsp3) is 0.533. The van der Waals surface area contributed by atoms with E-state index in [2.05, 4.69) is 5.32 Å². The van der Waals surface area contributed by atoms with Gasteiger partial charge in [-0.15, -0.1) is 0 Å². The predicted molar refractivity (Wildman–Crippen MR) is 75.4 cm³/mol. The van der Waals surface area contributed by atoms with Crippen LogP contribution in [0.25, 0.3) is 0 Å². The van der Waals surface area contributed by atoms with Crippen molar-refractivity contribution in [1.82, 2.24) is 5.32 Å². The van der Waals surface area contributed by atoms with E-state index in [1.165, 1.54) is 0 Å². The van der Waals surface area contributed by atoms with Crippen LogP contribution >= 0.6 is 0 Å². The molecule has 0 radical (unpaired) electrons. The van der Waals surface area contributed by atoms with Gasteiger partial charge in [0.15, 0.2) is 0 Å². The fourth-order valence-corrected chi connectivity index (χ4v) is 2.16. The van der Waals surface area contributed by atoms with Crippen molar-refractivity contribution in [2.24, 2.45) is 0 Å². The van der Waals surface area contributed by atoms with Crippen molar-refractivity contribution in [3.8, 4) is 5.75 Å². The van der Waals surface area contributed by atoms with Crippen molar-refractivity contribution in [1.29, 1.82) is 0 Å². The third kappa shape index (κ3) is 3.96. The lowest BCUT2D eigenvalue weighted by atomic mass is 9.98. The smallest absolute Gasteiger partial charge is 0.220 e. The van der Waals surface area contributed by atoms with Crippen LogP contribution in [0.3, 0.4) is 0 Å². The molecule has 0 saturated heterocycles. The molecule has 2 N–H and O–H groups in total. The Hall–Kier alpha value is -1.55. The second-order valence-corrected chi connectivity index (χ2v) is 4.74. The second kappa shape index (κ2) is 7.14. The molecular weight excluding hydrogens is 242 g/mol. The number of amides is 1. The molecule has 1 rings (SSSR count). The first-order chi connectivity index (χ1) is 9.01. The van der Waals surface area contributed by atoms with Gasteiger partial charge in [0.2, 0.25) is 5.91 Å². The summed E-state index contributed by atoms with van der Waals surface area (Å²) in [7, 11) is 1.67. The Bertz CT molecular complexity index is 455. The van der Waals surface area contributed by atoms with Crippen LogP contribution in [0.1, 0.15) is 35.1 Å². The number of rotatable bonds is 6. The average molecular weight is 265 g/mol. The topological polar surface area (TPSA) is 58.6 Å². The molecule has 0 saturated carbocycles. The highest BCUT2D eigenvalue weighted by molar-refractivity contribution is 5.75. The van der Waals surface area contributed by atoms with Gasteiger partial charge in [-0.3, -0.25) is 4.79 Å². The van der Waals surface area contributed by atoms with E-state index in [9.17, 15) is 4.79 Å². The Morgan fingerprint density at radius 2 is 2.00 bits per heavy atom. The fourth-order valence-electron chi connectivity index (χ4n) is 2.16. The molecule has 106 valence electrons. The highest BCUT2D eigenvalue weighted by Gasteiger charge is 2.11. The van der Waals surface area contributed by atoms with Crippen LogP contribution in [0, 0.1) is 20.8 Å². The van der Waals surface area contributed by atoms with Crippen LogP contribution in [0.5, 0.6) is 5.75 Å². The first kappa shape index (κ1) is 15.5. The van der Waals surface area contributed by atoms with E-state index in [0.717, 1.165) is 28.0 Å². The Morgan fingerprint density at radius 3 is 2.58 bits per heavy atom. The minimum Gasteiger partial charge on any atom is -0.496 e. The lowest BCUT2D eigenvalue weighted by molar-refractivity contribution is -0.121. The quantitative estimate of drug-likeness (QED) is 0.827. The zero-order valence-corrected chi connectivity index (χ0v) is 12.2. The summed E-state index contributed by atoms with van der Waals surface area (Å²) in [6, 6.07) is 2.05. The number of hydrogen-bond donors (Lipinski definition) is 2.